The molecule has 1 heterocycles. The first-order valence-corrected chi connectivity index (χ1v) is 8.61. The molecule has 0 saturated carbocycles. The highest BCUT2D eigenvalue weighted by molar-refractivity contribution is 6.05. The van der Waals surface area contributed by atoms with Gasteiger partial charge in [-0.25, -0.2) is 0 Å². The summed E-state index contributed by atoms with van der Waals surface area (Å²) in [6, 6.07) is 7.90. The summed E-state index contributed by atoms with van der Waals surface area (Å²) in [7, 11) is 1.68. The molecule has 0 radical (unpaired) electrons. The highest BCUT2D eigenvalue weighted by atomic mass is 16.5. The molecule has 2 aromatic rings. The summed E-state index contributed by atoms with van der Waals surface area (Å²) in [5, 5.41) is 6.31. The zero-order chi connectivity index (χ0) is 18.2. The lowest BCUT2D eigenvalue weighted by Crippen LogP contribution is -2.15. The second kappa shape index (κ2) is 9.18. The maximum absolute atomic E-state index is 12.7. The first kappa shape index (κ1) is 18.9. The highest BCUT2D eigenvalue weighted by Crippen LogP contribution is 2.28. The van der Waals surface area contributed by atoms with Gasteiger partial charge in [-0.15, -0.1) is 0 Å². The number of aryl methyl sites for hydroxylation is 1. The molecule has 0 spiro atoms. The summed E-state index contributed by atoms with van der Waals surface area (Å²) in [6.45, 7) is 7.72. The van der Waals surface area contributed by atoms with Crippen LogP contribution in [0.2, 0.25) is 0 Å². The average Bonchev–Trinajstić information content (AvgIpc) is 2.60. The van der Waals surface area contributed by atoms with Gasteiger partial charge in [0.1, 0.15) is 0 Å². The van der Waals surface area contributed by atoms with Crippen molar-refractivity contribution in [3.63, 3.8) is 0 Å². The van der Waals surface area contributed by atoms with E-state index in [4.69, 9.17) is 4.74 Å². The van der Waals surface area contributed by atoms with Gasteiger partial charge in [0.15, 0.2) is 0 Å². The number of nitrogens with one attached hydrogen (secondary N) is 2. The Hall–Kier alpha value is -2.40. The van der Waals surface area contributed by atoms with Gasteiger partial charge in [-0.3, -0.25) is 9.78 Å². The minimum absolute atomic E-state index is 0.149. The molecule has 0 aliphatic heterocycles. The van der Waals surface area contributed by atoms with Crippen molar-refractivity contribution in [1.82, 2.24) is 4.98 Å². The lowest BCUT2D eigenvalue weighted by Gasteiger charge is -2.16. The summed E-state index contributed by atoms with van der Waals surface area (Å²) >= 11 is 0. The number of hydrogen-bond donors (Lipinski definition) is 2. The first-order chi connectivity index (χ1) is 12.0. The van der Waals surface area contributed by atoms with Crippen molar-refractivity contribution in [3.8, 4) is 0 Å². The average molecular weight is 341 g/mol. The lowest BCUT2D eigenvalue weighted by atomic mass is 9.98. The van der Waals surface area contributed by atoms with E-state index in [1.165, 1.54) is 0 Å². The van der Waals surface area contributed by atoms with Gasteiger partial charge in [0.25, 0.3) is 5.91 Å². The first-order valence-electron chi connectivity index (χ1n) is 8.61. The summed E-state index contributed by atoms with van der Waals surface area (Å²) in [5.74, 6) is 0.186. The van der Waals surface area contributed by atoms with E-state index in [0.29, 0.717) is 18.1 Å². The molecule has 25 heavy (non-hydrogen) atoms. The van der Waals surface area contributed by atoms with Crippen LogP contribution in [-0.4, -0.2) is 31.2 Å². The number of ether oxygens (including phenoxy) is 1. The number of carbonyl (C=O) groups excluding carboxylic acids is 1. The molecule has 1 aromatic heterocycles. The largest absolute Gasteiger partial charge is 0.385 e. The van der Waals surface area contributed by atoms with Crippen molar-refractivity contribution in [2.24, 2.45) is 0 Å². The molecule has 134 valence electrons. The highest BCUT2D eigenvalue weighted by Gasteiger charge is 2.14. The van der Waals surface area contributed by atoms with Gasteiger partial charge < -0.3 is 15.4 Å². The SMILES string of the molecule is COCCCNc1cncc(C(=O)Nc2c(C)cccc2C(C)C)c1. The van der Waals surface area contributed by atoms with Crippen LogP contribution in [0.15, 0.2) is 36.7 Å². The van der Waals surface area contributed by atoms with Crippen LogP contribution in [0.3, 0.4) is 0 Å². The van der Waals surface area contributed by atoms with Crippen LogP contribution in [0.25, 0.3) is 0 Å². The van der Waals surface area contributed by atoms with E-state index >= 15 is 0 Å². The lowest BCUT2D eigenvalue weighted by molar-refractivity contribution is 0.102. The van der Waals surface area contributed by atoms with Crippen LogP contribution >= 0.6 is 0 Å². The number of anilines is 2. The van der Waals surface area contributed by atoms with Crippen LogP contribution in [0, 0.1) is 6.92 Å². The molecule has 1 aromatic carbocycles. The number of benzene rings is 1. The van der Waals surface area contributed by atoms with E-state index in [9.17, 15) is 4.79 Å². The van der Waals surface area contributed by atoms with Gasteiger partial charge >= 0.3 is 0 Å². The third-order valence-electron chi connectivity index (χ3n) is 4.02. The molecule has 0 atom stereocenters. The molecular formula is C20H27N3O2. The maximum atomic E-state index is 12.7. The zero-order valence-electron chi connectivity index (χ0n) is 15.4. The topological polar surface area (TPSA) is 63.2 Å². The molecular weight excluding hydrogens is 314 g/mol. The molecule has 5 heteroatoms. The number of pyridine rings is 1. The van der Waals surface area contributed by atoms with E-state index in [1.54, 1.807) is 19.5 Å². The fourth-order valence-corrected chi connectivity index (χ4v) is 2.64. The number of amides is 1. The number of nitrogens with zero attached hydrogens (tertiary/aromatic N) is 1. The molecule has 0 fully saturated rings. The summed E-state index contributed by atoms with van der Waals surface area (Å²) in [4.78, 5) is 16.8. The second-order valence-corrected chi connectivity index (χ2v) is 6.38. The Bertz CT molecular complexity index is 714. The molecule has 0 unspecified atom stereocenters. The molecule has 1 amide bonds. The van der Waals surface area contributed by atoms with Crippen molar-refractivity contribution >= 4 is 17.3 Å². The molecule has 0 saturated heterocycles. The van der Waals surface area contributed by atoms with E-state index in [2.05, 4.69) is 35.5 Å². The third kappa shape index (κ3) is 5.29. The van der Waals surface area contributed by atoms with Crippen molar-refractivity contribution in [2.75, 3.05) is 30.9 Å². The summed E-state index contributed by atoms with van der Waals surface area (Å²) in [6.07, 6.45) is 4.20. The van der Waals surface area contributed by atoms with Gasteiger partial charge in [0, 0.05) is 38.3 Å². The van der Waals surface area contributed by atoms with Crippen molar-refractivity contribution < 1.29 is 9.53 Å². The number of aromatic nitrogens is 1. The fourth-order valence-electron chi connectivity index (χ4n) is 2.64. The quantitative estimate of drug-likeness (QED) is 0.706. The van der Waals surface area contributed by atoms with Gasteiger partial charge in [-0.1, -0.05) is 32.0 Å². The van der Waals surface area contributed by atoms with Crippen molar-refractivity contribution in [2.45, 2.75) is 33.1 Å². The minimum Gasteiger partial charge on any atom is -0.385 e. The predicted octanol–water partition coefficient (Wildman–Crippen LogP) is 4.21. The smallest absolute Gasteiger partial charge is 0.257 e. The minimum atomic E-state index is -0.149. The molecule has 2 N–H and O–H groups in total. The van der Waals surface area contributed by atoms with E-state index in [0.717, 1.165) is 35.5 Å². The van der Waals surface area contributed by atoms with E-state index in [-0.39, 0.29) is 5.91 Å². The number of methoxy groups -OCH3 is 1. The Labute approximate surface area is 149 Å². The van der Waals surface area contributed by atoms with E-state index < -0.39 is 0 Å². The molecule has 0 aliphatic rings. The third-order valence-corrected chi connectivity index (χ3v) is 4.02. The predicted molar refractivity (Wildman–Crippen MR) is 102 cm³/mol. The Morgan fingerprint density at radius 3 is 2.80 bits per heavy atom. The number of rotatable bonds is 8. The van der Waals surface area contributed by atoms with Crippen LogP contribution in [0.1, 0.15) is 47.7 Å². The van der Waals surface area contributed by atoms with Gasteiger partial charge in [0.05, 0.1) is 11.3 Å². The molecule has 0 aliphatic carbocycles. The normalized spacial score (nSPS) is 10.8. The molecule has 0 bridgehead atoms. The van der Waals surface area contributed by atoms with Crippen LogP contribution in [0.5, 0.6) is 0 Å². The molecule has 2 rings (SSSR count). The zero-order valence-corrected chi connectivity index (χ0v) is 15.4. The van der Waals surface area contributed by atoms with E-state index in [1.807, 2.05) is 25.1 Å². The fraction of sp³-hybridized carbons (Fsp3) is 0.400. The molecule has 5 nitrogen and oxygen atoms in total. The maximum Gasteiger partial charge on any atom is 0.257 e. The van der Waals surface area contributed by atoms with Crippen LogP contribution < -0.4 is 10.6 Å². The second-order valence-electron chi connectivity index (χ2n) is 6.38. The number of hydrogen-bond acceptors (Lipinski definition) is 4. The Balaban J connectivity index is 2.11. The Morgan fingerprint density at radius 1 is 1.28 bits per heavy atom. The number of para-hydroxylation sites is 1. The number of carbonyl (C=O) groups is 1. The monoisotopic (exact) mass is 341 g/mol. The summed E-state index contributed by atoms with van der Waals surface area (Å²) < 4.78 is 5.03. The van der Waals surface area contributed by atoms with Gasteiger partial charge in [-0.2, -0.15) is 0 Å². The standard InChI is InChI=1S/C20H27N3O2/c1-14(2)18-8-5-7-15(3)19(18)23-20(24)16-11-17(13-21-12-16)22-9-6-10-25-4/h5,7-8,11-14,22H,6,9-10H2,1-4H3,(H,23,24). The van der Waals surface area contributed by atoms with Gasteiger partial charge in [-0.05, 0) is 36.5 Å². The van der Waals surface area contributed by atoms with Crippen molar-refractivity contribution in [1.29, 1.82) is 0 Å². The summed E-state index contributed by atoms with van der Waals surface area (Å²) in [5.41, 5.74) is 4.45. The van der Waals surface area contributed by atoms with Gasteiger partial charge in [0.2, 0.25) is 0 Å². The van der Waals surface area contributed by atoms with Crippen LogP contribution in [0.4, 0.5) is 11.4 Å². The Morgan fingerprint density at radius 2 is 2.08 bits per heavy atom. The van der Waals surface area contributed by atoms with Crippen LogP contribution in [-0.2, 0) is 4.74 Å². The Kier molecular flexibility index (Phi) is 6.95. The van der Waals surface area contributed by atoms with Crippen molar-refractivity contribution in [3.05, 3.63) is 53.3 Å².